The summed E-state index contributed by atoms with van der Waals surface area (Å²) in [5.74, 6) is -4.47. The number of hydrogen-bond acceptors (Lipinski definition) is 8. The van der Waals surface area contributed by atoms with Crippen molar-refractivity contribution < 1.29 is 34.2 Å². The Balaban J connectivity index is 3.03. The van der Waals surface area contributed by atoms with Gasteiger partial charge in [0.15, 0.2) is 0 Å². The lowest BCUT2D eigenvalue weighted by atomic mass is 10.0. The van der Waals surface area contributed by atoms with E-state index in [4.69, 9.17) is 16.6 Å². The molecule has 3 atom stereocenters. The van der Waals surface area contributed by atoms with Gasteiger partial charge in [-0.05, 0) is 24.1 Å². The van der Waals surface area contributed by atoms with E-state index in [1.165, 1.54) is 12.1 Å². The van der Waals surface area contributed by atoms with Gasteiger partial charge in [0.05, 0.1) is 6.54 Å². The summed E-state index contributed by atoms with van der Waals surface area (Å²) in [4.78, 5) is 59.5. The highest BCUT2D eigenvalue weighted by Crippen LogP contribution is 2.12. The zero-order chi connectivity index (χ0) is 24.3. The van der Waals surface area contributed by atoms with E-state index in [0.717, 1.165) is 0 Å². The highest BCUT2D eigenvalue weighted by molar-refractivity contribution is 7.80. The number of nitrogens with one attached hydrogen (secondary N) is 3. The molecule has 0 aliphatic heterocycles. The first-order valence-electron chi connectivity index (χ1n) is 9.57. The molecule has 3 unspecified atom stereocenters. The fourth-order valence-corrected chi connectivity index (χ4v) is 2.86. The molecule has 0 spiro atoms. The van der Waals surface area contributed by atoms with Gasteiger partial charge in [-0.1, -0.05) is 12.1 Å². The minimum atomic E-state index is -1.33. The molecule has 0 saturated carbocycles. The molecule has 4 amide bonds. The number of hydrogen-bond donors (Lipinski definition) is 8. The van der Waals surface area contributed by atoms with E-state index >= 15 is 0 Å². The van der Waals surface area contributed by atoms with Crippen molar-refractivity contribution in [2.45, 2.75) is 37.4 Å². The molecule has 0 radical (unpaired) electrons. The monoisotopic (exact) mass is 469 g/mol. The van der Waals surface area contributed by atoms with Crippen LogP contribution in [-0.4, -0.2) is 70.2 Å². The summed E-state index contributed by atoms with van der Waals surface area (Å²) in [7, 11) is 0. The van der Waals surface area contributed by atoms with Gasteiger partial charge in [0.2, 0.25) is 23.6 Å². The number of aliphatic carboxylic acids is 1. The second-order valence-corrected chi connectivity index (χ2v) is 7.21. The number of thiol groups is 1. The number of phenolic OH excluding ortho intramolecular Hbond substituents is 1. The van der Waals surface area contributed by atoms with Crippen LogP contribution in [0.5, 0.6) is 5.75 Å². The van der Waals surface area contributed by atoms with Gasteiger partial charge in [-0.15, -0.1) is 0 Å². The van der Waals surface area contributed by atoms with Crippen molar-refractivity contribution in [3.63, 3.8) is 0 Å². The molecule has 0 bridgehead atoms. The number of amides is 4. The third-order valence-corrected chi connectivity index (χ3v) is 4.69. The molecule has 176 valence electrons. The number of aromatic hydroxyl groups is 1. The Morgan fingerprint density at radius 1 is 0.938 bits per heavy atom. The summed E-state index contributed by atoms with van der Waals surface area (Å²) in [5.41, 5.74) is 11.0. The van der Waals surface area contributed by atoms with Crippen LogP contribution in [0.1, 0.15) is 18.4 Å². The Hall–Kier alpha value is -3.32. The molecule has 0 fully saturated rings. The van der Waals surface area contributed by atoms with Gasteiger partial charge in [0.25, 0.3) is 0 Å². The molecule has 1 aromatic rings. The minimum absolute atomic E-state index is 0.0103. The van der Waals surface area contributed by atoms with Crippen LogP contribution in [0, 0.1) is 0 Å². The van der Waals surface area contributed by atoms with Crippen LogP contribution in [0.2, 0.25) is 0 Å². The number of carbonyl (C=O) groups excluding carboxylic acids is 4. The van der Waals surface area contributed by atoms with Gasteiger partial charge in [-0.2, -0.15) is 12.6 Å². The first-order chi connectivity index (χ1) is 15.1. The minimum Gasteiger partial charge on any atom is -0.508 e. The molecule has 0 saturated heterocycles. The lowest BCUT2D eigenvalue weighted by Crippen LogP contribution is -2.57. The summed E-state index contributed by atoms with van der Waals surface area (Å²) in [6.45, 7) is -0.382. The van der Waals surface area contributed by atoms with Crippen molar-refractivity contribution in [2.75, 3.05) is 12.3 Å². The maximum Gasteiger partial charge on any atom is 0.327 e. The Morgan fingerprint density at radius 3 is 2.00 bits per heavy atom. The number of carboxylic acid groups (broad SMARTS) is 1. The average Bonchev–Trinajstić information content (AvgIpc) is 2.74. The summed E-state index contributed by atoms with van der Waals surface area (Å²) in [6.07, 6.45) is -0.437. The zero-order valence-electron chi connectivity index (χ0n) is 17.1. The summed E-state index contributed by atoms with van der Waals surface area (Å²) in [6, 6.07) is 2.15. The third kappa shape index (κ3) is 9.22. The first kappa shape index (κ1) is 26.7. The van der Waals surface area contributed by atoms with E-state index in [1.54, 1.807) is 12.1 Å². The predicted octanol–water partition coefficient (Wildman–Crippen LogP) is -2.37. The fraction of sp³-hybridized carbons (Fsp3) is 0.421. The number of primary amides is 1. The first-order valence-corrected chi connectivity index (χ1v) is 10.2. The Bertz CT molecular complexity index is 834. The SMILES string of the molecule is NCC(=O)NC(Cc1ccc(O)cc1)C(=O)NC(CCC(N)=O)C(=O)NC(CS)C(=O)O. The number of nitrogens with two attached hydrogens (primary N) is 2. The number of carbonyl (C=O) groups is 5. The van der Waals surface area contributed by atoms with Crippen LogP contribution in [0.25, 0.3) is 0 Å². The molecule has 0 heterocycles. The molecule has 1 rings (SSSR count). The number of rotatable bonds is 13. The maximum absolute atomic E-state index is 12.9. The molecular formula is C19H27N5O7S. The quantitative estimate of drug-likeness (QED) is 0.146. The second-order valence-electron chi connectivity index (χ2n) is 6.84. The molecule has 32 heavy (non-hydrogen) atoms. The van der Waals surface area contributed by atoms with Crippen LogP contribution in [0.15, 0.2) is 24.3 Å². The molecule has 1 aromatic carbocycles. The Labute approximate surface area is 189 Å². The normalized spacial score (nSPS) is 13.3. The molecule has 12 nitrogen and oxygen atoms in total. The largest absolute Gasteiger partial charge is 0.508 e. The Kier molecular flexibility index (Phi) is 11.0. The highest BCUT2D eigenvalue weighted by atomic mass is 32.1. The van der Waals surface area contributed by atoms with Gasteiger partial charge < -0.3 is 37.6 Å². The van der Waals surface area contributed by atoms with Crippen LogP contribution in [-0.2, 0) is 30.4 Å². The molecule has 0 aliphatic carbocycles. The Morgan fingerprint density at radius 2 is 1.50 bits per heavy atom. The van der Waals surface area contributed by atoms with Gasteiger partial charge in [0, 0.05) is 18.6 Å². The van der Waals surface area contributed by atoms with Gasteiger partial charge in [-0.25, -0.2) is 4.79 Å². The zero-order valence-corrected chi connectivity index (χ0v) is 18.0. The maximum atomic E-state index is 12.9. The van der Waals surface area contributed by atoms with E-state index in [2.05, 4.69) is 28.6 Å². The summed E-state index contributed by atoms with van der Waals surface area (Å²) in [5, 5.41) is 25.6. The van der Waals surface area contributed by atoms with Crippen LogP contribution < -0.4 is 27.4 Å². The van der Waals surface area contributed by atoms with Gasteiger partial charge in [-0.3, -0.25) is 19.2 Å². The predicted molar refractivity (Wildman–Crippen MR) is 117 cm³/mol. The topological polar surface area (TPSA) is 214 Å². The second kappa shape index (κ2) is 13.2. The average molecular weight is 470 g/mol. The highest BCUT2D eigenvalue weighted by Gasteiger charge is 2.29. The molecule has 0 aliphatic rings. The standard InChI is InChI=1S/C19H27N5O7S/c20-8-16(27)22-13(7-10-1-3-11(25)4-2-10)18(29)23-12(5-6-15(21)26)17(28)24-14(9-32)19(30)31/h1-4,12-14,25,32H,5-9,20H2,(H2,21,26)(H,22,27)(H,23,29)(H,24,28)(H,30,31). The van der Waals surface area contributed by atoms with E-state index < -0.39 is 47.7 Å². The fourth-order valence-electron chi connectivity index (χ4n) is 2.62. The van der Waals surface area contributed by atoms with Crippen molar-refractivity contribution in [3.8, 4) is 5.75 Å². The van der Waals surface area contributed by atoms with Gasteiger partial charge >= 0.3 is 5.97 Å². The molecular weight excluding hydrogens is 442 g/mol. The van der Waals surface area contributed by atoms with Crippen molar-refractivity contribution in [1.82, 2.24) is 16.0 Å². The van der Waals surface area contributed by atoms with Crippen molar-refractivity contribution >= 4 is 42.2 Å². The third-order valence-electron chi connectivity index (χ3n) is 4.32. The van der Waals surface area contributed by atoms with Gasteiger partial charge in [0.1, 0.15) is 23.9 Å². The van der Waals surface area contributed by atoms with E-state index in [-0.39, 0.29) is 37.3 Å². The lowest BCUT2D eigenvalue weighted by molar-refractivity contribution is -0.141. The number of benzene rings is 1. The van der Waals surface area contributed by atoms with Crippen molar-refractivity contribution in [3.05, 3.63) is 29.8 Å². The van der Waals surface area contributed by atoms with E-state index in [1.807, 2.05) is 0 Å². The van der Waals surface area contributed by atoms with Crippen LogP contribution >= 0.6 is 12.6 Å². The van der Waals surface area contributed by atoms with Crippen molar-refractivity contribution in [1.29, 1.82) is 0 Å². The molecule has 0 aromatic heterocycles. The number of phenols is 1. The molecule has 9 N–H and O–H groups in total. The smallest absolute Gasteiger partial charge is 0.327 e. The summed E-state index contributed by atoms with van der Waals surface area (Å²) < 4.78 is 0. The van der Waals surface area contributed by atoms with Crippen molar-refractivity contribution in [2.24, 2.45) is 11.5 Å². The lowest BCUT2D eigenvalue weighted by Gasteiger charge is -2.24. The van der Waals surface area contributed by atoms with E-state index in [0.29, 0.717) is 5.56 Å². The molecule has 13 heteroatoms. The number of carboxylic acids is 1. The van der Waals surface area contributed by atoms with Crippen LogP contribution in [0.4, 0.5) is 0 Å². The van der Waals surface area contributed by atoms with E-state index in [9.17, 15) is 29.1 Å². The van der Waals surface area contributed by atoms with Crippen LogP contribution in [0.3, 0.4) is 0 Å². The summed E-state index contributed by atoms with van der Waals surface area (Å²) >= 11 is 3.86.